The third kappa shape index (κ3) is 3.47. The van der Waals surface area contributed by atoms with Crippen LogP contribution in [0.5, 0.6) is 5.75 Å². The molecule has 1 aromatic carbocycles. The Morgan fingerprint density at radius 2 is 1.95 bits per heavy atom. The van der Waals surface area contributed by atoms with Gasteiger partial charge in [-0.05, 0) is 37.0 Å². The number of hydrogen-bond acceptors (Lipinski definition) is 3. The summed E-state index contributed by atoms with van der Waals surface area (Å²) in [7, 11) is 0. The quantitative estimate of drug-likeness (QED) is 0.870. The van der Waals surface area contributed by atoms with Crippen LogP contribution in [0.15, 0.2) is 24.3 Å². The van der Waals surface area contributed by atoms with Gasteiger partial charge in [-0.15, -0.1) is 0 Å². The van der Waals surface area contributed by atoms with Crippen LogP contribution in [-0.4, -0.2) is 40.1 Å². The minimum Gasteiger partial charge on any atom is -0.508 e. The maximum absolute atomic E-state index is 12.2. The average molecular weight is 263 g/mol. The molecular formula is C14H17NO4. The topological polar surface area (TPSA) is 77.8 Å². The first-order chi connectivity index (χ1) is 9.06. The number of aromatic hydroxyl groups is 1. The Bertz CT molecular complexity index is 478. The van der Waals surface area contributed by atoms with Crippen LogP contribution in [0.25, 0.3) is 0 Å². The van der Waals surface area contributed by atoms with E-state index in [1.165, 1.54) is 12.1 Å². The third-order valence-corrected chi connectivity index (χ3v) is 3.46. The summed E-state index contributed by atoms with van der Waals surface area (Å²) in [5, 5.41) is 18.1. The molecule has 1 aliphatic rings. The van der Waals surface area contributed by atoms with E-state index in [2.05, 4.69) is 0 Å². The fourth-order valence-corrected chi connectivity index (χ4v) is 2.41. The Morgan fingerprint density at radius 3 is 2.53 bits per heavy atom. The van der Waals surface area contributed by atoms with Gasteiger partial charge in [0.1, 0.15) is 5.75 Å². The molecule has 1 amide bonds. The zero-order chi connectivity index (χ0) is 13.8. The normalized spacial score (nSPS) is 16.3. The Labute approximate surface area is 111 Å². The van der Waals surface area contributed by atoms with Crippen molar-refractivity contribution in [2.45, 2.75) is 19.3 Å². The molecule has 0 unspecified atom stereocenters. The van der Waals surface area contributed by atoms with Gasteiger partial charge in [0, 0.05) is 25.1 Å². The molecule has 0 radical (unpaired) electrons. The Hall–Kier alpha value is -2.04. The molecule has 5 heteroatoms. The number of likely N-dealkylation sites (tertiary alicyclic amines) is 1. The number of carboxylic acid groups (broad SMARTS) is 1. The van der Waals surface area contributed by atoms with Crippen LogP contribution in [-0.2, 0) is 4.79 Å². The first-order valence-electron chi connectivity index (χ1n) is 6.36. The maximum atomic E-state index is 12.2. The second-order valence-corrected chi connectivity index (χ2v) is 4.88. The number of carbonyl (C=O) groups is 2. The van der Waals surface area contributed by atoms with Gasteiger partial charge in [-0.1, -0.05) is 6.07 Å². The van der Waals surface area contributed by atoms with E-state index < -0.39 is 5.97 Å². The van der Waals surface area contributed by atoms with E-state index in [1.807, 2.05) is 0 Å². The summed E-state index contributed by atoms with van der Waals surface area (Å²) in [6, 6.07) is 6.28. The van der Waals surface area contributed by atoms with Crippen molar-refractivity contribution in [2.75, 3.05) is 13.1 Å². The highest BCUT2D eigenvalue weighted by Gasteiger charge is 2.24. The summed E-state index contributed by atoms with van der Waals surface area (Å²) in [6.45, 7) is 1.15. The van der Waals surface area contributed by atoms with Gasteiger partial charge in [0.2, 0.25) is 0 Å². The molecule has 2 N–H and O–H groups in total. The van der Waals surface area contributed by atoms with Crippen molar-refractivity contribution in [2.24, 2.45) is 5.92 Å². The molecule has 0 aliphatic carbocycles. The Kier molecular flexibility index (Phi) is 4.04. The number of phenols is 1. The number of nitrogens with zero attached hydrogens (tertiary/aromatic N) is 1. The third-order valence-electron chi connectivity index (χ3n) is 3.46. The fourth-order valence-electron chi connectivity index (χ4n) is 2.41. The maximum Gasteiger partial charge on any atom is 0.303 e. The van der Waals surface area contributed by atoms with E-state index in [4.69, 9.17) is 5.11 Å². The van der Waals surface area contributed by atoms with Gasteiger partial charge < -0.3 is 15.1 Å². The number of amides is 1. The van der Waals surface area contributed by atoms with Crippen molar-refractivity contribution in [1.82, 2.24) is 4.90 Å². The van der Waals surface area contributed by atoms with Crippen LogP contribution >= 0.6 is 0 Å². The van der Waals surface area contributed by atoms with E-state index in [1.54, 1.807) is 17.0 Å². The number of carboxylic acids is 1. The van der Waals surface area contributed by atoms with E-state index in [9.17, 15) is 14.7 Å². The molecule has 1 aromatic rings. The molecule has 102 valence electrons. The molecule has 1 saturated heterocycles. The van der Waals surface area contributed by atoms with Crippen LogP contribution in [0.1, 0.15) is 29.6 Å². The van der Waals surface area contributed by atoms with Gasteiger partial charge >= 0.3 is 5.97 Å². The van der Waals surface area contributed by atoms with Gasteiger partial charge in [-0.3, -0.25) is 9.59 Å². The lowest BCUT2D eigenvalue weighted by molar-refractivity contribution is -0.138. The summed E-state index contributed by atoms with van der Waals surface area (Å²) >= 11 is 0. The van der Waals surface area contributed by atoms with Crippen LogP contribution < -0.4 is 0 Å². The second kappa shape index (κ2) is 5.73. The zero-order valence-corrected chi connectivity index (χ0v) is 10.6. The second-order valence-electron chi connectivity index (χ2n) is 4.88. The van der Waals surface area contributed by atoms with Crippen molar-refractivity contribution in [3.63, 3.8) is 0 Å². The van der Waals surface area contributed by atoms with Crippen molar-refractivity contribution in [3.05, 3.63) is 29.8 Å². The average Bonchev–Trinajstić information content (AvgIpc) is 2.38. The lowest BCUT2D eigenvalue weighted by Gasteiger charge is -2.31. The lowest BCUT2D eigenvalue weighted by Crippen LogP contribution is -2.38. The predicted molar refractivity (Wildman–Crippen MR) is 69.0 cm³/mol. The van der Waals surface area contributed by atoms with Crippen LogP contribution in [0, 0.1) is 5.92 Å². The van der Waals surface area contributed by atoms with Gasteiger partial charge in [-0.25, -0.2) is 0 Å². The summed E-state index contributed by atoms with van der Waals surface area (Å²) in [5.74, 6) is -0.653. The molecule has 0 aromatic heterocycles. The van der Waals surface area contributed by atoms with E-state index >= 15 is 0 Å². The van der Waals surface area contributed by atoms with Crippen LogP contribution in [0.2, 0.25) is 0 Å². The Morgan fingerprint density at radius 1 is 1.26 bits per heavy atom. The summed E-state index contributed by atoms with van der Waals surface area (Å²) < 4.78 is 0. The van der Waals surface area contributed by atoms with Gasteiger partial charge in [-0.2, -0.15) is 0 Å². The number of rotatable bonds is 3. The SMILES string of the molecule is O=C(O)CC1CCN(C(=O)c2cccc(O)c2)CC1. The van der Waals surface area contributed by atoms with E-state index in [-0.39, 0.29) is 24.0 Å². The molecule has 1 aliphatic heterocycles. The number of hydrogen-bond donors (Lipinski definition) is 2. The van der Waals surface area contributed by atoms with Crippen molar-refractivity contribution < 1.29 is 19.8 Å². The molecule has 5 nitrogen and oxygen atoms in total. The van der Waals surface area contributed by atoms with Crippen molar-refractivity contribution in [3.8, 4) is 5.75 Å². The largest absolute Gasteiger partial charge is 0.508 e. The standard InChI is InChI=1S/C14H17NO4/c16-12-3-1-2-11(9-12)14(19)15-6-4-10(5-7-15)8-13(17)18/h1-3,9-10,16H,4-8H2,(H,17,18). The Balaban J connectivity index is 1.94. The zero-order valence-electron chi connectivity index (χ0n) is 10.6. The van der Waals surface area contributed by atoms with E-state index in [0.717, 1.165) is 12.8 Å². The molecular weight excluding hydrogens is 246 g/mol. The number of benzene rings is 1. The molecule has 0 spiro atoms. The smallest absolute Gasteiger partial charge is 0.303 e. The van der Waals surface area contributed by atoms with Gasteiger partial charge in [0.15, 0.2) is 0 Å². The van der Waals surface area contributed by atoms with Crippen LogP contribution in [0.4, 0.5) is 0 Å². The lowest BCUT2D eigenvalue weighted by atomic mass is 9.93. The highest BCUT2D eigenvalue weighted by Crippen LogP contribution is 2.22. The number of phenolic OH excluding ortho intramolecular Hbond substituents is 1. The van der Waals surface area contributed by atoms with Gasteiger partial charge in [0.25, 0.3) is 5.91 Å². The minimum atomic E-state index is -0.780. The molecule has 2 rings (SSSR count). The van der Waals surface area contributed by atoms with Gasteiger partial charge in [0.05, 0.1) is 0 Å². The fraction of sp³-hybridized carbons (Fsp3) is 0.429. The first kappa shape index (κ1) is 13.4. The highest BCUT2D eigenvalue weighted by molar-refractivity contribution is 5.94. The predicted octanol–water partition coefficient (Wildman–Crippen LogP) is 1.72. The number of piperidine rings is 1. The highest BCUT2D eigenvalue weighted by atomic mass is 16.4. The van der Waals surface area contributed by atoms with Crippen molar-refractivity contribution >= 4 is 11.9 Å². The van der Waals surface area contributed by atoms with Crippen molar-refractivity contribution in [1.29, 1.82) is 0 Å². The minimum absolute atomic E-state index is 0.0756. The summed E-state index contributed by atoms with van der Waals surface area (Å²) in [4.78, 5) is 24.5. The number of carbonyl (C=O) groups excluding carboxylic acids is 1. The molecule has 19 heavy (non-hydrogen) atoms. The molecule has 1 heterocycles. The molecule has 0 atom stereocenters. The molecule has 0 saturated carbocycles. The molecule has 0 bridgehead atoms. The number of aliphatic carboxylic acids is 1. The van der Waals surface area contributed by atoms with Crippen LogP contribution in [0.3, 0.4) is 0 Å². The molecule has 1 fully saturated rings. The monoisotopic (exact) mass is 263 g/mol. The summed E-state index contributed by atoms with van der Waals surface area (Å²) in [6.07, 6.45) is 1.61. The summed E-state index contributed by atoms with van der Waals surface area (Å²) in [5.41, 5.74) is 0.469. The first-order valence-corrected chi connectivity index (χ1v) is 6.36. The van der Waals surface area contributed by atoms with E-state index in [0.29, 0.717) is 18.7 Å².